The van der Waals surface area contributed by atoms with Gasteiger partial charge in [-0.05, 0) is 85.7 Å². The molecule has 0 radical (unpaired) electrons. The average molecular weight is 602 g/mol. The van der Waals surface area contributed by atoms with Gasteiger partial charge in [0.2, 0.25) is 0 Å². The van der Waals surface area contributed by atoms with Crippen LogP contribution in [0.4, 0.5) is 5.00 Å². The van der Waals surface area contributed by atoms with Crippen LogP contribution in [0.15, 0.2) is 47.6 Å². The Kier molecular flexibility index (Phi) is 9.57. The third-order valence-corrected chi connectivity index (χ3v) is 7.76. The zero-order chi connectivity index (χ0) is 28.8. The van der Waals surface area contributed by atoms with Gasteiger partial charge in [-0.25, -0.2) is 15.0 Å². The van der Waals surface area contributed by atoms with Crippen molar-refractivity contribution in [2.24, 2.45) is 11.0 Å². The van der Waals surface area contributed by atoms with Crippen molar-refractivity contribution < 1.29 is 28.7 Å². The quantitative estimate of drug-likeness (QED) is 0.118. The summed E-state index contributed by atoms with van der Waals surface area (Å²) in [4.78, 5) is 50.9. The first-order valence-electron chi connectivity index (χ1n) is 12.4. The lowest BCUT2D eigenvalue weighted by Crippen LogP contribution is -2.32. The van der Waals surface area contributed by atoms with Gasteiger partial charge in [-0.3, -0.25) is 9.59 Å². The first-order chi connectivity index (χ1) is 19.2. The standard InChI is InChI=1S/C28H25Cl2N3O6S/c1-3-38-28(37)23-20-10-4-15(2)12-22(20)40-26(23)32-24(34)25(35)33-31-14-16-5-8-18(9-6-16)39-27(36)19-11-7-17(29)13-21(19)30/h5-9,11,13-15H,3-4,10,12H2,1-2H3,(H,32,34)(H,33,35)/b31-14-/t15-/m0/s1. The number of esters is 2. The number of halogens is 2. The number of nitrogens with one attached hydrogen (secondary N) is 2. The van der Waals surface area contributed by atoms with Gasteiger partial charge in [0.15, 0.2) is 0 Å². The predicted molar refractivity (Wildman–Crippen MR) is 154 cm³/mol. The molecule has 3 aromatic rings. The Hall–Kier alpha value is -3.73. The number of amides is 2. The fraction of sp³-hybridized carbons (Fsp3) is 0.250. The van der Waals surface area contributed by atoms with Crippen molar-refractivity contribution in [1.82, 2.24) is 5.43 Å². The lowest BCUT2D eigenvalue weighted by Gasteiger charge is -2.18. The van der Waals surface area contributed by atoms with Crippen molar-refractivity contribution in [2.45, 2.75) is 33.1 Å². The lowest BCUT2D eigenvalue weighted by atomic mass is 9.88. The Balaban J connectivity index is 1.35. The van der Waals surface area contributed by atoms with Crippen LogP contribution in [0.5, 0.6) is 5.75 Å². The second-order valence-electron chi connectivity index (χ2n) is 9.01. The van der Waals surface area contributed by atoms with E-state index in [9.17, 15) is 19.2 Å². The van der Waals surface area contributed by atoms with E-state index in [1.54, 1.807) is 19.1 Å². The summed E-state index contributed by atoms with van der Waals surface area (Å²) in [6.45, 7) is 4.04. The number of thiophene rings is 1. The first kappa shape index (κ1) is 29.3. The third-order valence-electron chi connectivity index (χ3n) is 6.05. The largest absolute Gasteiger partial charge is 0.462 e. The number of carbonyl (C=O) groups excluding carboxylic acids is 4. The normalized spacial score (nSPS) is 14.3. The van der Waals surface area contributed by atoms with Gasteiger partial charge in [0.25, 0.3) is 0 Å². The molecule has 1 aromatic heterocycles. The fourth-order valence-corrected chi connectivity index (χ4v) is 5.95. The molecule has 40 heavy (non-hydrogen) atoms. The van der Waals surface area contributed by atoms with E-state index in [0.717, 1.165) is 23.3 Å². The Morgan fingerprint density at radius 3 is 2.52 bits per heavy atom. The summed E-state index contributed by atoms with van der Waals surface area (Å²) in [5.74, 6) is -2.40. The zero-order valence-electron chi connectivity index (χ0n) is 21.6. The maximum absolute atomic E-state index is 12.6. The number of ether oxygens (including phenoxy) is 2. The van der Waals surface area contributed by atoms with E-state index in [-0.39, 0.29) is 22.9 Å². The van der Waals surface area contributed by atoms with Crippen molar-refractivity contribution >= 4 is 69.5 Å². The highest BCUT2D eigenvalue weighted by Crippen LogP contribution is 2.40. The van der Waals surface area contributed by atoms with E-state index in [2.05, 4.69) is 22.8 Å². The van der Waals surface area contributed by atoms with E-state index in [1.807, 2.05) is 0 Å². The van der Waals surface area contributed by atoms with E-state index in [1.165, 1.54) is 47.9 Å². The monoisotopic (exact) mass is 601 g/mol. The average Bonchev–Trinajstić information content (AvgIpc) is 3.26. The van der Waals surface area contributed by atoms with Gasteiger partial charge < -0.3 is 14.8 Å². The molecule has 1 heterocycles. The van der Waals surface area contributed by atoms with E-state index in [4.69, 9.17) is 32.7 Å². The number of hydrogen-bond acceptors (Lipinski definition) is 8. The van der Waals surface area contributed by atoms with Crippen LogP contribution in [-0.4, -0.2) is 36.6 Å². The molecule has 1 aliphatic rings. The molecule has 9 nitrogen and oxygen atoms in total. The molecule has 0 aliphatic heterocycles. The molecule has 0 saturated heterocycles. The first-order valence-corrected chi connectivity index (χ1v) is 14.0. The number of carbonyl (C=O) groups is 4. The lowest BCUT2D eigenvalue weighted by molar-refractivity contribution is -0.136. The molecule has 0 bridgehead atoms. The SMILES string of the molecule is CCOC(=O)c1c(NC(=O)C(=O)N/N=C\c2ccc(OC(=O)c3ccc(Cl)cc3Cl)cc2)sc2c1CC[C@H](C)C2. The molecule has 1 aliphatic carbocycles. The molecular formula is C28H25Cl2N3O6S. The molecule has 0 spiro atoms. The number of benzene rings is 2. The molecule has 4 rings (SSSR count). The van der Waals surface area contributed by atoms with E-state index in [0.29, 0.717) is 33.5 Å². The Labute approximate surface area is 244 Å². The summed E-state index contributed by atoms with van der Waals surface area (Å²) in [5, 5.41) is 7.23. The van der Waals surface area contributed by atoms with Crippen LogP contribution in [0.2, 0.25) is 10.0 Å². The van der Waals surface area contributed by atoms with Gasteiger partial charge in [0, 0.05) is 9.90 Å². The van der Waals surface area contributed by atoms with E-state index < -0.39 is 23.8 Å². The van der Waals surface area contributed by atoms with Gasteiger partial charge in [-0.15, -0.1) is 11.3 Å². The highest BCUT2D eigenvalue weighted by molar-refractivity contribution is 7.17. The minimum atomic E-state index is -1.00. The highest BCUT2D eigenvalue weighted by Gasteiger charge is 2.30. The van der Waals surface area contributed by atoms with Crippen molar-refractivity contribution in [1.29, 1.82) is 0 Å². The fourth-order valence-electron chi connectivity index (χ4n) is 4.07. The van der Waals surface area contributed by atoms with Crippen LogP contribution in [-0.2, 0) is 27.2 Å². The summed E-state index contributed by atoms with van der Waals surface area (Å²) < 4.78 is 10.5. The number of fused-ring (bicyclic) bond motifs is 1. The number of rotatable bonds is 7. The summed E-state index contributed by atoms with van der Waals surface area (Å²) >= 11 is 13.2. The van der Waals surface area contributed by atoms with Gasteiger partial charge in [-0.1, -0.05) is 30.1 Å². The third kappa shape index (κ3) is 7.07. The zero-order valence-corrected chi connectivity index (χ0v) is 23.9. The summed E-state index contributed by atoms with van der Waals surface area (Å²) in [7, 11) is 0. The molecule has 0 unspecified atom stereocenters. The van der Waals surface area contributed by atoms with E-state index >= 15 is 0 Å². The molecular weight excluding hydrogens is 577 g/mol. The Bertz CT molecular complexity index is 1490. The predicted octanol–water partition coefficient (Wildman–Crippen LogP) is 5.66. The molecule has 208 valence electrons. The van der Waals surface area contributed by atoms with Crippen LogP contribution in [0, 0.1) is 5.92 Å². The topological polar surface area (TPSA) is 123 Å². The Morgan fingerprint density at radius 2 is 1.82 bits per heavy atom. The van der Waals surface area contributed by atoms with Crippen molar-refractivity contribution in [3.63, 3.8) is 0 Å². The number of anilines is 1. The van der Waals surface area contributed by atoms with Gasteiger partial charge in [0.1, 0.15) is 10.8 Å². The minimum Gasteiger partial charge on any atom is -0.462 e. The second kappa shape index (κ2) is 13.1. The summed E-state index contributed by atoms with van der Waals surface area (Å²) in [6.07, 6.45) is 3.76. The number of hydrazone groups is 1. The van der Waals surface area contributed by atoms with Crippen molar-refractivity contribution in [3.05, 3.63) is 79.6 Å². The number of hydrogen-bond donors (Lipinski definition) is 2. The van der Waals surface area contributed by atoms with Crippen LogP contribution < -0.4 is 15.5 Å². The van der Waals surface area contributed by atoms with Crippen LogP contribution in [0.1, 0.15) is 57.0 Å². The molecule has 0 saturated carbocycles. The van der Waals surface area contributed by atoms with Crippen LogP contribution >= 0.6 is 34.5 Å². The van der Waals surface area contributed by atoms with Crippen molar-refractivity contribution in [3.8, 4) is 5.75 Å². The summed E-state index contributed by atoms with van der Waals surface area (Å²) in [6, 6.07) is 10.7. The molecule has 1 atom stereocenters. The van der Waals surface area contributed by atoms with Gasteiger partial charge >= 0.3 is 23.8 Å². The molecule has 0 fully saturated rings. The second-order valence-corrected chi connectivity index (χ2v) is 11.0. The maximum Gasteiger partial charge on any atom is 0.345 e. The van der Waals surface area contributed by atoms with Crippen LogP contribution in [0.25, 0.3) is 0 Å². The highest BCUT2D eigenvalue weighted by atomic mass is 35.5. The molecule has 2 N–H and O–H groups in total. The smallest absolute Gasteiger partial charge is 0.345 e. The van der Waals surface area contributed by atoms with Crippen molar-refractivity contribution in [2.75, 3.05) is 11.9 Å². The van der Waals surface area contributed by atoms with Gasteiger partial charge in [-0.2, -0.15) is 5.10 Å². The summed E-state index contributed by atoms with van der Waals surface area (Å²) in [5.41, 5.74) is 4.10. The number of nitrogens with zero attached hydrogens (tertiary/aromatic N) is 1. The minimum absolute atomic E-state index is 0.171. The molecule has 12 heteroatoms. The maximum atomic E-state index is 12.6. The van der Waals surface area contributed by atoms with Gasteiger partial charge in [0.05, 0.1) is 29.0 Å². The molecule has 2 aromatic carbocycles. The van der Waals surface area contributed by atoms with Crippen LogP contribution in [0.3, 0.4) is 0 Å². The Morgan fingerprint density at radius 1 is 1.07 bits per heavy atom. The molecule has 2 amide bonds.